The van der Waals surface area contributed by atoms with Gasteiger partial charge < -0.3 is 18.0 Å². The first kappa shape index (κ1) is 35.9. The first-order valence-corrected chi connectivity index (χ1v) is 24.2. The number of esters is 1. The van der Waals surface area contributed by atoms with Crippen molar-refractivity contribution in [1.82, 2.24) is 0 Å². The fourth-order valence-corrected chi connectivity index (χ4v) is 11.7. The van der Waals surface area contributed by atoms with E-state index >= 15 is 0 Å². The maximum absolute atomic E-state index is 13.8. The van der Waals surface area contributed by atoms with Crippen molar-refractivity contribution < 1.29 is 22.8 Å². The van der Waals surface area contributed by atoms with E-state index in [-0.39, 0.29) is 57.8 Å². The number of rotatable bonds is 11. The van der Waals surface area contributed by atoms with Gasteiger partial charge in [0.25, 0.3) is 0 Å². The molecule has 1 fully saturated rings. The van der Waals surface area contributed by atoms with Gasteiger partial charge in [0.1, 0.15) is 0 Å². The Balaban J connectivity index is 2.67. The fraction of sp³-hybridized carbons (Fsp3) is 0.906. The molecule has 0 aliphatic heterocycles. The lowest BCUT2D eigenvalue weighted by Crippen LogP contribution is -2.51. The number of fused-ring (bicyclic) bond motifs is 1. The molecule has 0 aromatic rings. The molecule has 0 saturated heterocycles. The summed E-state index contributed by atoms with van der Waals surface area (Å²) >= 11 is 0. The Labute approximate surface area is 250 Å². The molecule has 0 radical (unpaired) electrons. The van der Waals surface area contributed by atoms with Crippen molar-refractivity contribution in [2.24, 2.45) is 29.6 Å². The van der Waals surface area contributed by atoms with Crippen LogP contribution in [-0.4, -0.2) is 56.8 Å². The molecule has 2 rings (SSSR count). The summed E-state index contributed by atoms with van der Waals surface area (Å²) in [4.78, 5) is 13.8. The highest BCUT2D eigenvalue weighted by Crippen LogP contribution is 2.55. The lowest BCUT2D eigenvalue weighted by molar-refractivity contribution is -0.152. The van der Waals surface area contributed by atoms with Crippen molar-refractivity contribution >= 4 is 30.9 Å². The summed E-state index contributed by atoms with van der Waals surface area (Å²) in [5.74, 6) is -0.128. The largest absolute Gasteiger partial charge is 0.469 e. The Morgan fingerprint density at radius 3 is 1.77 bits per heavy atom. The normalized spacial score (nSPS) is 30.2. The first-order valence-electron chi connectivity index (χ1n) is 15.9. The molecule has 0 spiro atoms. The summed E-state index contributed by atoms with van der Waals surface area (Å²) in [5.41, 5.74) is 1.24. The zero-order valence-electron chi connectivity index (χ0n) is 29.0. The van der Waals surface area contributed by atoms with E-state index in [2.05, 4.69) is 108 Å². The van der Waals surface area contributed by atoms with Crippen LogP contribution < -0.4 is 0 Å². The number of carbonyl (C=O) groups excluding carboxylic acids is 1. The third-order valence-corrected chi connectivity index (χ3v) is 25.2. The molecule has 0 heterocycles. The molecule has 7 atom stereocenters. The molecule has 8 heteroatoms. The van der Waals surface area contributed by atoms with Crippen molar-refractivity contribution in [1.29, 1.82) is 0 Å². The molecule has 234 valence electrons. The summed E-state index contributed by atoms with van der Waals surface area (Å²) in [7, 11) is -4.49. The third-order valence-electron chi connectivity index (χ3n) is 11.6. The number of ether oxygens (including phenoxy) is 1. The summed E-state index contributed by atoms with van der Waals surface area (Å²) in [6.45, 7) is 34.9. The van der Waals surface area contributed by atoms with Gasteiger partial charge in [-0.3, -0.25) is 4.79 Å². The molecule has 5 nitrogen and oxygen atoms in total. The van der Waals surface area contributed by atoms with Gasteiger partial charge in [-0.05, 0) is 61.3 Å². The van der Waals surface area contributed by atoms with E-state index in [1.54, 1.807) is 0 Å². The third kappa shape index (κ3) is 7.09. The Bertz CT molecular complexity index is 889. The summed E-state index contributed by atoms with van der Waals surface area (Å²) in [6.07, 6.45) is 2.44. The van der Waals surface area contributed by atoms with Crippen LogP contribution in [0.4, 0.5) is 0 Å². The Hall–Kier alpha value is -0.259. The standard InChI is InChI=1S/C32H64O5Si3/c1-17-40(18-2,19-3)37-28-23(5)29(36-39(15,16)32(9,10)11)26-24(28)20-22(4)25(27(26)30(33)34-12)21-35-38(13,14)31(6,7)8/h20,23-29H,17-19,21H2,1-16H3/t23-,24-,25+,26+,27+,28-,29-/m0/s1. The molecule has 1 saturated carbocycles. The Kier molecular flexibility index (Phi) is 11.5. The SMILES string of the molecule is CC[Si](CC)(CC)O[C@H]1[C@H](C)[C@H](O[Si](C)(C)C(C)(C)C)[C@@H]2[C@@H]1C=C(C)[C@@H](CO[Si](C)(C)C(C)(C)C)[C@H]2C(=O)OC. The van der Waals surface area contributed by atoms with E-state index in [9.17, 15) is 4.79 Å². The number of methoxy groups -OCH3 is 1. The molecule has 0 bridgehead atoms. The van der Waals surface area contributed by atoms with Crippen LogP contribution in [0, 0.1) is 29.6 Å². The minimum Gasteiger partial charge on any atom is -0.469 e. The molecule has 2 aliphatic rings. The maximum Gasteiger partial charge on any atom is 0.309 e. The first-order chi connectivity index (χ1) is 18.1. The van der Waals surface area contributed by atoms with Gasteiger partial charge in [0.15, 0.2) is 25.0 Å². The van der Waals surface area contributed by atoms with Crippen LogP contribution in [0.1, 0.15) is 76.2 Å². The molecule has 0 N–H and O–H groups in total. The topological polar surface area (TPSA) is 54.0 Å². The zero-order chi connectivity index (χ0) is 31.1. The molecular formula is C32H64O5Si3. The smallest absolute Gasteiger partial charge is 0.309 e. The zero-order valence-corrected chi connectivity index (χ0v) is 32.0. The lowest BCUT2D eigenvalue weighted by Gasteiger charge is -2.45. The van der Waals surface area contributed by atoms with Gasteiger partial charge in [-0.25, -0.2) is 0 Å². The van der Waals surface area contributed by atoms with Crippen LogP contribution >= 0.6 is 0 Å². The molecule has 40 heavy (non-hydrogen) atoms. The second-order valence-corrected chi connectivity index (χ2v) is 30.1. The van der Waals surface area contributed by atoms with E-state index in [4.69, 9.17) is 18.0 Å². The van der Waals surface area contributed by atoms with Gasteiger partial charge in [0, 0.05) is 30.3 Å². The predicted molar refractivity (Wildman–Crippen MR) is 176 cm³/mol. The van der Waals surface area contributed by atoms with Crippen molar-refractivity contribution in [3.63, 3.8) is 0 Å². The fourth-order valence-electron chi connectivity index (χ4n) is 6.34. The molecule has 0 unspecified atom stereocenters. The summed E-state index contributed by atoms with van der Waals surface area (Å²) < 4.78 is 27.0. The second kappa shape index (κ2) is 12.8. The average molecular weight is 613 g/mol. The van der Waals surface area contributed by atoms with Gasteiger partial charge in [-0.2, -0.15) is 0 Å². The maximum atomic E-state index is 13.8. The van der Waals surface area contributed by atoms with Crippen LogP contribution in [0.5, 0.6) is 0 Å². The quantitative estimate of drug-likeness (QED) is 0.132. The van der Waals surface area contributed by atoms with Crippen molar-refractivity contribution in [2.45, 2.75) is 143 Å². The van der Waals surface area contributed by atoms with Crippen molar-refractivity contribution in [3.8, 4) is 0 Å². The Morgan fingerprint density at radius 2 is 1.35 bits per heavy atom. The predicted octanol–water partition coefficient (Wildman–Crippen LogP) is 9.04. The average Bonchev–Trinajstić information content (AvgIpc) is 3.08. The van der Waals surface area contributed by atoms with Crippen molar-refractivity contribution in [2.75, 3.05) is 13.7 Å². The second-order valence-electron chi connectivity index (χ2n) is 15.8. The molecule has 0 amide bonds. The number of hydrogen-bond donors (Lipinski definition) is 0. The summed E-state index contributed by atoms with van der Waals surface area (Å²) in [5, 5.41) is 0.174. The monoisotopic (exact) mass is 612 g/mol. The van der Waals surface area contributed by atoms with E-state index in [1.165, 1.54) is 12.7 Å². The van der Waals surface area contributed by atoms with Crippen molar-refractivity contribution in [3.05, 3.63) is 11.6 Å². The number of carbonyl (C=O) groups is 1. The van der Waals surface area contributed by atoms with E-state index in [1.807, 2.05) is 0 Å². The van der Waals surface area contributed by atoms with Crippen LogP contribution in [-0.2, 0) is 22.8 Å². The van der Waals surface area contributed by atoms with E-state index in [0.717, 1.165) is 18.1 Å². The van der Waals surface area contributed by atoms with Crippen LogP contribution in [0.15, 0.2) is 11.6 Å². The number of hydrogen-bond acceptors (Lipinski definition) is 5. The van der Waals surface area contributed by atoms with Gasteiger partial charge in [-0.15, -0.1) is 0 Å². The van der Waals surface area contributed by atoms with Crippen LogP contribution in [0.25, 0.3) is 0 Å². The highest BCUT2D eigenvalue weighted by Gasteiger charge is 2.60. The van der Waals surface area contributed by atoms with E-state index < -0.39 is 25.0 Å². The van der Waals surface area contributed by atoms with Gasteiger partial charge in [0.2, 0.25) is 0 Å². The van der Waals surface area contributed by atoms with Gasteiger partial charge in [0.05, 0.1) is 25.2 Å². The molecule has 0 aromatic carbocycles. The van der Waals surface area contributed by atoms with Gasteiger partial charge >= 0.3 is 5.97 Å². The minimum absolute atomic E-state index is 0.00978. The van der Waals surface area contributed by atoms with Gasteiger partial charge in [-0.1, -0.05) is 80.9 Å². The highest BCUT2D eigenvalue weighted by molar-refractivity contribution is 6.74. The van der Waals surface area contributed by atoms with Crippen LogP contribution in [0.3, 0.4) is 0 Å². The molecule has 0 aromatic heterocycles. The lowest BCUT2D eigenvalue weighted by atomic mass is 9.68. The molecule has 2 aliphatic carbocycles. The molecular weight excluding hydrogens is 549 g/mol. The summed E-state index contributed by atoms with van der Waals surface area (Å²) in [6, 6.07) is 3.33. The minimum atomic E-state index is -2.13. The highest BCUT2D eigenvalue weighted by atomic mass is 28.4. The Morgan fingerprint density at radius 1 is 0.850 bits per heavy atom. The van der Waals surface area contributed by atoms with Crippen LogP contribution in [0.2, 0.25) is 54.4 Å². The van der Waals surface area contributed by atoms with E-state index in [0.29, 0.717) is 6.61 Å².